The number of H-pyrrole nitrogens is 1. The Kier molecular flexibility index (Phi) is 12.8. The van der Waals surface area contributed by atoms with Gasteiger partial charge in [0.05, 0.1) is 44.8 Å². The third-order valence-corrected chi connectivity index (χ3v) is 10.8. The number of carbonyl (C=O) groups is 4. The summed E-state index contributed by atoms with van der Waals surface area (Å²) in [6.45, 7) is 17.4. The van der Waals surface area contributed by atoms with Crippen LogP contribution in [0.4, 0.5) is 4.79 Å². The molecule has 0 saturated carbocycles. The molecule has 1 aromatic heterocycles. The molecule has 12 nitrogen and oxygen atoms in total. The topological polar surface area (TPSA) is 146 Å². The Hall–Kier alpha value is -5.36. The van der Waals surface area contributed by atoms with Crippen molar-refractivity contribution in [2.75, 3.05) is 27.3 Å². The number of hydrogen-bond acceptors (Lipinski definition) is 8. The molecule has 56 heavy (non-hydrogen) atoms. The number of imidazole rings is 1. The largest absolute Gasteiger partial charge is 0.469 e. The van der Waals surface area contributed by atoms with Crippen LogP contribution in [-0.2, 0) is 23.9 Å². The number of nitrogens with zero attached hydrogens (tertiary/aromatic N) is 4. The number of methoxy groups -OCH3 is 2. The van der Waals surface area contributed by atoms with Gasteiger partial charge in [-0.15, -0.1) is 0 Å². The van der Waals surface area contributed by atoms with E-state index < -0.39 is 18.1 Å². The van der Waals surface area contributed by atoms with Crippen LogP contribution in [-0.4, -0.2) is 88.7 Å². The predicted molar refractivity (Wildman–Crippen MR) is 214 cm³/mol. The molecule has 298 valence electrons. The smallest absolute Gasteiger partial charge is 0.407 e. The fraction of sp³-hybridized carbons (Fsp3) is 0.545. The van der Waals surface area contributed by atoms with Crippen molar-refractivity contribution >= 4 is 29.6 Å². The van der Waals surface area contributed by atoms with Crippen molar-refractivity contribution in [2.45, 2.75) is 99.2 Å². The zero-order valence-corrected chi connectivity index (χ0v) is 34.4. The number of hydrogen-bond donors (Lipinski definition) is 2. The number of carbonyl (C=O) groups excluding carboxylic acids is 4. The van der Waals surface area contributed by atoms with Crippen molar-refractivity contribution in [2.24, 2.45) is 33.6 Å². The number of benzene rings is 1. The zero-order valence-electron chi connectivity index (χ0n) is 34.4. The molecule has 3 aliphatic rings. The number of ether oxygens (including phenoxy) is 2. The molecule has 0 aliphatic carbocycles. The predicted octanol–water partition coefficient (Wildman–Crippen LogP) is 6.03. The quantitative estimate of drug-likeness (QED) is 0.234. The maximum atomic E-state index is 13.8. The number of alkyl carbamates (subject to hydrolysis) is 1. The molecule has 2 saturated heterocycles. The number of aliphatic imine (C=N–C) groups is 1. The molecular formula is C44H56N6O6. The van der Waals surface area contributed by atoms with E-state index in [0.29, 0.717) is 37.4 Å². The highest BCUT2D eigenvalue weighted by molar-refractivity contribution is 5.98. The second-order valence-corrected chi connectivity index (χ2v) is 17.4. The van der Waals surface area contributed by atoms with E-state index in [4.69, 9.17) is 14.5 Å². The molecule has 3 aliphatic heterocycles. The summed E-state index contributed by atoms with van der Waals surface area (Å²) in [7, 11) is 2.63. The monoisotopic (exact) mass is 764 g/mol. The fourth-order valence-electron chi connectivity index (χ4n) is 7.73. The lowest BCUT2D eigenvalue weighted by molar-refractivity contribution is -0.148. The summed E-state index contributed by atoms with van der Waals surface area (Å²) >= 11 is 0. The van der Waals surface area contributed by atoms with Gasteiger partial charge in [0.15, 0.2) is 0 Å². The molecule has 4 atom stereocenters. The minimum atomic E-state index is -0.724. The SMILES string of the molecule is COC(=O)C[C@H](C(=O)N1CC(C)(C)C[C@H]1C1=NC=C(C#Cc2ccc(C#Cc3cnc([C@@H]4CC(C)(C)CN4C(=O)[C@@H](NC(=O)OC)C(C)C)[nH]3)cc2)C1)C(C)C. The Morgan fingerprint density at radius 2 is 1.43 bits per heavy atom. The first kappa shape index (κ1) is 41.8. The van der Waals surface area contributed by atoms with Gasteiger partial charge in [-0.3, -0.25) is 19.4 Å². The van der Waals surface area contributed by atoms with Crippen LogP contribution in [0, 0.1) is 52.3 Å². The molecular weight excluding hydrogens is 709 g/mol. The van der Waals surface area contributed by atoms with E-state index in [-0.39, 0.29) is 59.0 Å². The Balaban J connectivity index is 1.21. The van der Waals surface area contributed by atoms with Gasteiger partial charge in [0.1, 0.15) is 17.6 Å². The second-order valence-electron chi connectivity index (χ2n) is 17.4. The van der Waals surface area contributed by atoms with Crippen LogP contribution in [0.3, 0.4) is 0 Å². The van der Waals surface area contributed by atoms with E-state index in [1.54, 1.807) is 17.3 Å². The van der Waals surface area contributed by atoms with Gasteiger partial charge in [0.25, 0.3) is 0 Å². The molecule has 0 bridgehead atoms. The number of rotatable bonds is 9. The third kappa shape index (κ3) is 10.1. The Labute approximate surface area is 331 Å². The number of amides is 3. The number of likely N-dealkylation sites (tertiary alicyclic amines) is 2. The van der Waals surface area contributed by atoms with Crippen molar-refractivity contribution < 1.29 is 28.7 Å². The lowest BCUT2D eigenvalue weighted by Gasteiger charge is -2.30. The number of aromatic amines is 1. The number of nitrogens with one attached hydrogen (secondary N) is 2. The first-order valence-electron chi connectivity index (χ1n) is 19.4. The molecule has 0 radical (unpaired) electrons. The summed E-state index contributed by atoms with van der Waals surface area (Å²) in [5.74, 6) is 12.3. The molecule has 0 unspecified atom stereocenters. The van der Waals surface area contributed by atoms with E-state index >= 15 is 0 Å². The third-order valence-electron chi connectivity index (χ3n) is 10.8. The standard InChI is InChI=1S/C44H56N6O6/c1-27(2)33(20-37(51)55-9)40(52)49-25-43(5,6)21-35(49)34-19-31(23-45-34)16-15-29-11-13-30(14-12-29)17-18-32-24-46-39(47-32)36-22-44(7,8)26-50(36)41(53)38(28(3)4)48-42(54)56-10/h11-14,23-24,27-28,33,35-36,38H,19-22,25-26H2,1-10H3,(H,46,47)(H,48,54)/t33-,35-,36-,38-/m0/s1. The molecule has 3 amide bonds. The van der Waals surface area contributed by atoms with Gasteiger partial charge in [-0.05, 0) is 65.7 Å². The molecule has 4 heterocycles. The van der Waals surface area contributed by atoms with E-state index in [1.165, 1.54) is 14.2 Å². The van der Waals surface area contributed by atoms with Crippen molar-refractivity contribution in [3.05, 3.63) is 64.9 Å². The molecule has 5 rings (SSSR count). The summed E-state index contributed by atoms with van der Waals surface area (Å²) in [6, 6.07) is 6.54. The van der Waals surface area contributed by atoms with Gasteiger partial charge in [0.2, 0.25) is 11.8 Å². The highest BCUT2D eigenvalue weighted by Gasteiger charge is 2.46. The van der Waals surface area contributed by atoms with Gasteiger partial charge in [-0.2, -0.15) is 0 Å². The normalized spacial score (nSPS) is 20.6. The summed E-state index contributed by atoms with van der Waals surface area (Å²) in [6.07, 6.45) is 4.98. The highest BCUT2D eigenvalue weighted by atomic mass is 16.5. The van der Waals surface area contributed by atoms with Crippen LogP contribution < -0.4 is 5.32 Å². The molecule has 1 aromatic carbocycles. The maximum Gasteiger partial charge on any atom is 0.407 e. The van der Waals surface area contributed by atoms with Crippen LogP contribution in [0.15, 0.2) is 47.2 Å². The summed E-state index contributed by atoms with van der Waals surface area (Å²) < 4.78 is 9.66. The minimum Gasteiger partial charge on any atom is -0.469 e. The Morgan fingerprint density at radius 1 is 0.839 bits per heavy atom. The van der Waals surface area contributed by atoms with E-state index in [9.17, 15) is 19.2 Å². The van der Waals surface area contributed by atoms with Crippen molar-refractivity contribution in [3.8, 4) is 23.7 Å². The zero-order chi connectivity index (χ0) is 40.9. The average molecular weight is 765 g/mol. The van der Waals surface area contributed by atoms with E-state index in [0.717, 1.165) is 28.8 Å². The lowest BCUT2D eigenvalue weighted by atomic mass is 9.88. The summed E-state index contributed by atoms with van der Waals surface area (Å²) in [5, 5.41) is 2.70. The number of aromatic nitrogens is 2. The molecule has 2 aromatic rings. The maximum absolute atomic E-state index is 13.8. The summed E-state index contributed by atoms with van der Waals surface area (Å²) in [5.41, 5.74) is 3.87. The summed E-state index contributed by atoms with van der Waals surface area (Å²) in [4.78, 5) is 68.0. The van der Waals surface area contributed by atoms with Crippen molar-refractivity contribution in [1.29, 1.82) is 0 Å². The van der Waals surface area contributed by atoms with Crippen molar-refractivity contribution in [1.82, 2.24) is 25.1 Å². The fourth-order valence-corrected chi connectivity index (χ4v) is 7.73. The van der Waals surface area contributed by atoms with Gasteiger partial charge in [-0.1, -0.05) is 73.2 Å². The Bertz CT molecular complexity index is 2000. The van der Waals surface area contributed by atoms with Crippen molar-refractivity contribution in [3.63, 3.8) is 0 Å². The number of allylic oxidation sites excluding steroid dienone is 1. The van der Waals surface area contributed by atoms with Crippen LogP contribution >= 0.6 is 0 Å². The van der Waals surface area contributed by atoms with Crippen LogP contribution in [0.5, 0.6) is 0 Å². The van der Waals surface area contributed by atoms with Crippen LogP contribution in [0.25, 0.3) is 0 Å². The van der Waals surface area contributed by atoms with Gasteiger partial charge in [0, 0.05) is 48.1 Å². The lowest BCUT2D eigenvalue weighted by Crippen LogP contribution is -2.51. The van der Waals surface area contributed by atoms with E-state index in [1.807, 2.05) is 56.9 Å². The van der Waals surface area contributed by atoms with Crippen LogP contribution in [0.1, 0.15) is 110 Å². The highest BCUT2D eigenvalue weighted by Crippen LogP contribution is 2.42. The first-order valence-corrected chi connectivity index (χ1v) is 19.4. The average Bonchev–Trinajstić information content (AvgIpc) is 3.95. The van der Waals surface area contributed by atoms with Crippen LogP contribution in [0.2, 0.25) is 0 Å². The molecule has 12 heteroatoms. The van der Waals surface area contributed by atoms with Gasteiger partial charge in [-0.25, -0.2) is 9.78 Å². The molecule has 2 fully saturated rings. The van der Waals surface area contributed by atoms with E-state index in [2.05, 4.69) is 66.7 Å². The first-order chi connectivity index (χ1) is 26.4. The van der Waals surface area contributed by atoms with Gasteiger partial charge < -0.3 is 29.6 Å². The Morgan fingerprint density at radius 3 is 2.00 bits per heavy atom. The second kappa shape index (κ2) is 17.2. The minimum absolute atomic E-state index is 0.00551. The molecule has 2 N–H and O–H groups in total. The number of esters is 1. The van der Waals surface area contributed by atoms with Gasteiger partial charge >= 0.3 is 12.1 Å². The molecule has 0 spiro atoms.